The van der Waals surface area contributed by atoms with Gasteiger partial charge in [-0.3, -0.25) is 4.98 Å². The maximum absolute atomic E-state index is 10.0. The van der Waals surface area contributed by atoms with E-state index in [4.69, 9.17) is 0 Å². The molecular formula is C14H17N3O. The van der Waals surface area contributed by atoms with Crippen LogP contribution < -0.4 is 5.32 Å². The first kappa shape index (κ1) is 12.5. The fourth-order valence-electron chi connectivity index (χ4n) is 1.69. The quantitative estimate of drug-likeness (QED) is 0.864. The molecule has 0 bridgehead atoms. The van der Waals surface area contributed by atoms with Gasteiger partial charge in [0.15, 0.2) is 0 Å². The number of nitrogens with one attached hydrogen (secondary N) is 1. The van der Waals surface area contributed by atoms with Crippen LogP contribution in [0, 0.1) is 13.8 Å². The highest BCUT2D eigenvalue weighted by atomic mass is 16.3. The third-order valence-corrected chi connectivity index (χ3v) is 2.72. The summed E-state index contributed by atoms with van der Waals surface area (Å²) >= 11 is 0. The molecule has 0 spiro atoms. The lowest BCUT2D eigenvalue weighted by molar-refractivity contribution is 0.191. The van der Waals surface area contributed by atoms with Gasteiger partial charge in [0.25, 0.3) is 0 Å². The summed E-state index contributed by atoms with van der Waals surface area (Å²) in [7, 11) is 0. The molecule has 2 rings (SSSR count). The number of hydrogen-bond acceptors (Lipinski definition) is 4. The smallest absolute Gasteiger partial charge is 0.147 e. The van der Waals surface area contributed by atoms with E-state index in [9.17, 15) is 5.11 Å². The molecule has 0 saturated heterocycles. The molecule has 4 heteroatoms. The van der Waals surface area contributed by atoms with Crippen molar-refractivity contribution in [2.75, 3.05) is 11.9 Å². The number of hydrogen-bond donors (Lipinski definition) is 2. The molecule has 2 aromatic rings. The Morgan fingerprint density at radius 1 is 1.22 bits per heavy atom. The molecule has 94 valence electrons. The number of rotatable bonds is 4. The molecular weight excluding hydrogens is 226 g/mol. The summed E-state index contributed by atoms with van der Waals surface area (Å²) in [6.45, 7) is 4.21. The second-order valence-corrected chi connectivity index (χ2v) is 4.25. The monoisotopic (exact) mass is 243 g/mol. The Kier molecular flexibility index (Phi) is 3.89. The Hall–Kier alpha value is -1.94. The number of aliphatic hydroxyl groups excluding tert-OH is 1. The first-order valence-electron chi connectivity index (χ1n) is 5.94. The fraction of sp³-hybridized carbons (Fsp3) is 0.286. The van der Waals surface area contributed by atoms with Crippen molar-refractivity contribution in [3.8, 4) is 0 Å². The van der Waals surface area contributed by atoms with Crippen molar-refractivity contribution >= 4 is 5.82 Å². The highest BCUT2D eigenvalue weighted by Crippen LogP contribution is 2.14. The van der Waals surface area contributed by atoms with Gasteiger partial charge in [-0.2, -0.15) is 0 Å². The molecule has 1 aromatic carbocycles. The van der Waals surface area contributed by atoms with Gasteiger partial charge in [0, 0.05) is 12.7 Å². The number of aliphatic hydroxyl groups is 1. The van der Waals surface area contributed by atoms with E-state index in [2.05, 4.69) is 15.3 Å². The number of benzene rings is 1. The Morgan fingerprint density at radius 2 is 1.94 bits per heavy atom. The zero-order chi connectivity index (χ0) is 13.0. The Morgan fingerprint density at radius 3 is 2.67 bits per heavy atom. The Labute approximate surface area is 107 Å². The van der Waals surface area contributed by atoms with Crippen molar-refractivity contribution in [2.45, 2.75) is 20.0 Å². The topological polar surface area (TPSA) is 58.0 Å². The molecule has 0 amide bonds. The third kappa shape index (κ3) is 3.05. The number of aryl methyl sites for hydroxylation is 2. The largest absolute Gasteiger partial charge is 0.387 e. The Balaban J connectivity index is 2.01. The average molecular weight is 243 g/mol. The molecule has 1 heterocycles. The molecule has 1 unspecified atom stereocenters. The summed E-state index contributed by atoms with van der Waals surface area (Å²) in [6.07, 6.45) is 1.18. The van der Waals surface area contributed by atoms with Gasteiger partial charge in [0.2, 0.25) is 0 Å². The van der Waals surface area contributed by atoms with E-state index in [1.807, 2.05) is 44.2 Å². The van der Waals surface area contributed by atoms with Gasteiger partial charge in [-0.1, -0.05) is 30.3 Å². The molecule has 1 aromatic heterocycles. The zero-order valence-electron chi connectivity index (χ0n) is 10.6. The molecule has 18 heavy (non-hydrogen) atoms. The van der Waals surface area contributed by atoms with E-state index < -0.39 is 6.10 Å². The standard InChI is InChI=1S/C14H17N3O/c1-10-8-15-11(2)14(17-10)16-9-13(18)12-6-4-3-5-7-12/h3-8,13,18H,9H2,1-2H3,(H,16,17). The second-order valence-electron chi connectivity index (χ2n) is 4.25. The number of aromatic nitrogens is 2. The highest BCUT2D eigenvalue weighted by molar-refractivity contribution is 5.40. The van der Waals surface area contributed by atoms with Gasteiger partial charge < -0.3 is 10.4 Å². The van der Waals surface area contributed by atoms with Crippen molar-refractivity contribution < 1.29 is 5.11 Å². The minimum Gasteiger partial charge on any atom is -0.387 e. The minimum atomic E-state index is -0.548. The van der Waals surface area contributed by atoms with Crippen LogP contribution in [0.5, 0.6) is 0 Å². The number of nitrogens with zero attached hydrogens (tertiary/aromatic N) is 2. The van der Waals surface area contributed by atoms with Crippen LogP contribution in [0.25, 0.3) is 0 Å². The maximum Gasteiger partial charge on any atom is 0.147 e. The van der Waals surface area contributed by atoms with Crippen LogP contribution in [0.2, 0.25) is 0 Å². The second kappa shape index (κ2) is 5.60. The summed E-state index contributed by atoms with van der Waals surface area (Å²) in [5.41, 5.74) is 2.58. The molecule has 4 nitrogen and oxygen atoms in total. The van der Waals surface area contributed by atoms with Crippen LogP contribution in [-0.2, 0) is 0 Å². The normalized spacial score (nSPS) is 12.2. The first-order chi connectivity index (χ1) is 8.66. The van der Waals surface area contributed by atoms with E-state index in [1.54, 1.807) is 6.20 Å². The summed E-state index contributed by atoms with van der Waals surface area (Å²) in [4.78, 5) is 8.58. The van der Waals surface area contributed by atoms with Crippen LogP contribution in [0.4, 0.5) is 5.82 Å². The van der Waals surface area contributed by atoms with Gasteiger partial charge in [0.1, 0.15) is 5.82 Å². The molecule has 0 saturated carbocycles. The van der Waals surface area contributed by atoms with E-state index in [1.165, 1.54) is 0 Å². The lowest BCUT2D eigenvalue weighted by Gasteiger charge is -2.13. The van der Waals surface area contributed by atoms with Crippen molar-refractivity contribution in [2.24, 2.45) is 0 Å². The molecule has 2 N–H and O–H groups in total. The van der Waals surface area contributed by atoms with Crippen LogP contribution >= 0.6 is 0 Å². The molecule has 0 radical (unpaired) electrons. The minimum absolute atomic E-state index is 0.420. The van der Waals surface area contributed by atoms with Crippen molar-refractivity contribution in [1.29, 1.82) is 0 Å². The van der Waals surface area contributed by atoms with E-state index >= 15 is 0 Å². The van der Waals surface area contributed by atoms with Crippen LogP contribution in [-0.4, -0.2) is 21.6 Å². The predicted octanol–water partition coefficient (Wildman–Crippen LogP) is 2.24. The SMILES string of the molecule is Cc1cnc(C)c(NCC(O)c2ccccc2)n1. The average Bonchev–Trinajstić information content (AvgIpc) is 2.40. The zero-order valence-corrected chi connectivity index (χ0v) is 10.6. The van der Waals surface area contributed by atoms with Gasteiger partial charge in [-0.25, -0.2) is 4.98 Å². The van der Waals surface area contributed by atoms with Gasteiger partial charge in [0.05, 0.1) is 17.5 Å². The summed E-state index contributed by atoms with van der Waals surface area (Å²) in [5, 5.41) is 13.2. The predicted molar refractivity (Wildman–Crippen MR) is 71.4 cm³/mol. The lowest BCUT2D eigenvalue weighted by atomic mass is 10.1. The van der Waals surface area contributed by atoms with Crippen LogP contribution in [0.15, 0.2) is 36.5 Å². The highest BCUT2D eigenvalue weighted by Gasteiger charge is 2.08. The Bertz CT molecular complexity index is 514. The van der Waals surface area contributed by atoms with E-state index in [0.717, 1.165) is 22.8 Å². The maximum atomic E-state index is 10.0. The fourth-order valence-corrected chi connectivity index (χ4v) is 1.69. The van der Waals surface area contributed by atoms with Crippen LogP contribution in [0.1, 0.15) is 23.1 Å². The third-order valence-electron chi connectivity index (χ3n) is 2.72. The lowest BCUT2D eigenvalue weighted by Crippen LogP contribution is -2.14. The molecule has 1 atom stereocenters. The van der Waals surface area contributed by atoms with Crippen molar-refractivity contribution in [3.05, 3.63) is 53.5 Å². The molecule has 0 aliphatic rings. The molecule has 0 aliphatic heterocycles. The van der Waals surface area contributed by atoms with E-state index in [0.29, 0.717) is 6.54 Å². The summed E-state index contributed by atoms with van der Waals surface area (Å²) in [5.74, 6) is 0.727. The summed E-state index contributed by atoms with van der Waals surface area (Å²) < 4.78 is 0. The van der Waals surface area contributed by atoms with Crippen molar-refractivity contribution in [3.63, 3.8) is 0 Å². The van der Waals surface area contributed by atoms with E-state index in [-0.39, 0.29) is 0 Å². The molecule has 0 aliphatic carbocycles. The molecule has 0 fully saturated rings. The van der Waals surface area contributed by atoms with Crippen LogP contribution in [0.3, 0.4) is 0 Å². The van der Waals surface area contributed by atoms with Gasteiger partial charge in [-0.05, 0) is 19.4 Å². The van der Waals surface area contributed by atoms with Gasteiger partial charge in [-0.15, -0.1) is 0 Å². The summed E-state index contributed by atoms with van der Waals surface area (Å²) in [6, 6.07) is 9.56. The van der Waals surface area contributed by atoms with Crippen molar-refractivity contribution in [1.82, 2.24) is 9.97 Å². The number of anilines is 1. The first-order valence-corrected chi connectivity index (χ1v) is 5.94. The van der Waals surface area contributed by atoms with Gasteiger partial charge >= 0.3 is 0 Å².